The lowest BCUT2D eigenvalue weighted by Gasteiger charge is -2.39. The van der Waals surface area contributed by atoms with Crippen molar-refractivity contribution in [1.29, 1.82) is 0 Å². The zero-order valence-electron chi connectivity index (χ0n) is 17.7. The van der Waals surface area contributed by atoms with Gasteiger partial charge in [-0.15, -0.1) is 0 Å². The fraction of sp³-hybridized carbons (Fsp3) is 0.739. The molecule has 2 fully saturated rings. The fourth-order valence-corrected chi connectivity index (χ4v) is 3.61. The van der Waals surface area contributed by atoms with Crippen molar-refractivity contribution in [2.75, 3.05) is 31.1 Å². The molecule has 1 aromatic rings. The van der Waals surface area contributed by atoms with E-state index in [1.165, 1.54) is 69.5 Å². The quantitative estimate of drug-likeness (QED) is 0.648. The molecule has 2 aliphatic rings. The Morgan fingerprint density at radius 2 is 1.44 bits per heavy atom. The van der Waals surface area contributed by atoms with Crippen LogP contribution in [0.4, 0.5) is 5.69 Å². The van der Waals surface area contributed by atoms with Crippen molar-refractivity contribution < 1.29 is 0 Å². The average molecular weight is 347 g/mol. The summed E-state index contributed by atoms with van der Waals surface area (Å²) in [6, 6.07) is 9.85. The molecule has 0 N–H and O–H groups in total. The van der Waals surface area contributed by atoms with Gasteiger partial charge in [0.2, 0.25) is 0 Å². The van der Waals surface area contributed by atoms with Crippen LogP contribution in [0.15, 0.2) is 24.3 Å². The molecule has 2 heteroatoms. The second-order valence-corrected chi connectivity index (χ2v) is 7.43. The van der Waals surface area contributed by atoms with Crippen LogP contribution in [-0.2, 0) is 0 Å². The first-order valence-electron chi connectivity index (χ1n) is 10.7. The summed E-state index contributed by atoms with van der Waals surface area (Å²) in [5.74, 6) is 0.945. The van der Waals surface area contributed by atoms with Crippen molar-refractivity contribution in [2.45, 2.75) is 79.7 Å². The minimum atomic E-state index is 0.871. The van der Waals surface area contributed by atoms with Crippen molar-refractivity contribution in [3.8, 4) is 0 Å². The minimum Gasteiger partial charge on any atom is -0.369 e. The van der Waals surface area contributed by atoms with E-state index in [9.17, 15) is 0 Å². The molecular formula is C23H42N2. The highest BCUT2D eigenvalue weighted by molar-refractivity contribution is 5.47. The van der Waals surface area contributed by atoms with Gasteiger partial charge in [-0.3, -0.25) is 4.90 Å². The molecule has 0 bridgehead atoms. The Bertz CT molecular complexity index is 430. The third kappa shape index (κ3) is 7.40. The van der Waals surface area contributed by atoms with Gasteiger partial charge in [0.15, 0.2) is 0 Å². The Morgan fingerprint density at radius 3 is 1.88 bits per heavy atom. The number of aryl methyl sites for hydroxylation is 1. The van der Waals surface area contributed by atoms with Crippen LogP contribution in [-0.4, -0.2) is 37.1 Å². The van der Waals surface area contributed by atoms with E-state index in [4.69, 9.17) is 0 Å². The van der Waals surface area contributed by atoms with Crippen LogP contribution in [0.3, 0.4) is 0 Å². The van der Waals surface area contributed by atoms with Gasteiger partial charge < -0.3 is 4.90 Å². The summed E-state index contributed by atoms with van der Waals surface area (Å²) in [5.41, 5.74) is 2.74. The number of hydrogen-bond acceptors (Lipinski definition) is 2. The highest BCUT2D eigenvalue weighted by Gasteiger charge is 2.29. The fourth-order valence-electron chi connectivity index (χ4n) is 3.61. The monoisotopic (exact) mass is 346 g/mol. The lowest BCUT2D eigenvalue weighted by atomic mass is 10.1. The molecule has 2 nitrogen and oxygen atoms in total. The van der Waals surface area contributed by atoms with Gasteiger partial charge in [0.25, 0.3) is 0 Å². The van der Waals surface area contributed by atoms with Crippen LogP contribution in [0.25, 0.3) is 0 Å². The molecule has 144 valence electrons. The average Bonchev–Trinajstić information content (AvgIpc) is 3.11. The summed E-state index contributed by atoms with van der Waals surface area (Å²) in [6.07, 6.45) is 6.92. The van der Waals surface area contributed by atoms with Crippen molar-refractivity contribution in [2.24, 2.45) is 5.92 Å². The van der Waals surface area contributed by atoms with Crippen molar-refractivity contribution in [3.63, 3.8) is 0 Å². The van der Waals surface area contributed by atoms with E-state index in [1.54, 1.807) is 0 Å². The lowest BCUT2D eigenvalue weighted by Crippen LogP contribution is -2.49. The molecule has 0 spiro atoms. The van der Waals surface area contributed by atoms with Gasteiger partial charge in [0.05, 0.1) is 0 Å². The van der Waals surface area contributed by atoms with E-state index in [0.717, 1.165) is 12.0 Å². The number of rotatable bonds is 3. The predicted octanol–water partition coefficient (Wildman–Crippen LogP) is 6.14. The Labute approximate surface area is 157 Å². The summed E-state index contributed by atoms with van der Waals surface area (Å²) in [7, 11) is 0. The maximum atomic E-state index is 2.73. The van der Waals surface area contributed by atoms with E-state index in [2.05, 4.69) is 61.8 Å². The van der Waals surface area contributed by atoms with Gasteiger partial charge >= 0.3 is 0 Å². The topological polar surface area (TPSA) is 6.48 Å². The molecule has 1 saturated carbocycles. The summed E-state index contributed by atoms with van der Waals surface area (Å²) in [6.45, 7) is 17.8. The molecule has 3 rings (SSSR count). The maximum Gasteiger partial charge on any atom is 0.0367 e. The smallest absolute Gasteiger partial charge is 0.0367 e. The molecule has 0 aromatic heterocycles. The number of anilines is 1. The molecule has 25 heavy (non-hydrogen) atoms. The molecule has 0 amide bonds. The van der Waals surface area contributed by atoms with E-state index >= 15 is 0 Å². The molecule has 1 heterocycles. The molecular weight excluding hydrogens is 304 g/mol. The van der Waals surface area contributed by atoms with Crippen LogP contribution in [0, 0.1) is 12.8 Å². The van der Waals surface area contributed by atoms with Gasteiger partial charge in [0, 0.05) is 37.9 Å². The van der Waals surface area contributed by atoms with Gasteiger partial charge in [-0.05, 0) is 44.2 Å². The molecule has 1 aliphatic carbocycles. The summed E-state index contributed by atoms with van der Waals surface area (Å²) in [5, 5.41) is 0. The van der Waals surface area contributed by atoms with Crippen molar-refractivity contribution in [1.82, 2.24) is 4.90 Å². The Morgan fingerprint density at radius 1 is 0.880 bits per heavy atom. The number of piperazine rings is 1. The highest BCUT2D eigenvalue weighted by Crippen LogP contribution is 2.29. The summed E-state index contributed by atoms with van der Waals surface area (Å²) < 4.78 is 0. The first-order valence-corrected chi connectivity index (χ1v) is 10.7. The van der Waals surface area contributed by atoms with Gasteiger partial charge in [0.1, 0.15) is 0 Å². The molecule has 1 saturated heterocycles. The SMILES string of the molecule is CC.CCCC.Cc1ccc(N2CCN(C3CCC(C)C3)CC2)cc1. The Kier molecular flexibility index (Phi) is 10.9. The number of hydrogen-bond donors (Lipinski definition) is 0. The van der Waals surface area contributed by atoms with Gasteiger partial charge in [-0.25, -0.2) is 0 Å². The van der Waals surface area contributed by atoms with Crippen LogP contribution in [0.2, 0.25) is 0 Å². The molecule has 1 aromatic carbocycles. The van der Waals surface area contributed by atoms with E-state index in [1.807, 2.05) is 13.8 Å². The first kappa shape index (κ1) is 22.0. The van der Waals surface area contributed by atoms with Crippen LogP contribution in [0.5, 0.6) is 0 Å². The molecule has 2 atom stereocenters. The zero-order chi connectivity index (χ0) is 18.7. The van der Waals surface area contributed by atoms with Crippen LogP contribution in [0.1, 0.15) is 72.3 Å². The Hall–Kier alpha value is -1.02. The first-order chi connectivity index (χ1) is 12.1. The summed E-state index contributed by atoms with van der Waals surface area (Å²) >= 11 is 0. The van der Waals surface area contributed by atoms with Crippen molar-refractivity contribution in [3.05, 3.63) is 29.8 Å². The second kappa shape index (κ2) is 12.4. The number of nitrogens with zero attached hydrogens (tertiary/aromatic N) is 2. The molecule has 1 aliphatic heterocycles. The Balaban J connectivity index is 0.000000461. The van der Waals surface area contributed by atoms with Gasteiger partial charge in [-0.2, -0.15) is 0 Å². The third-order valence-corrected chi connectivity index (χ3v) is 5.40. The minimum absolute atomic E-state index is 0.871. The van der Waals surface area contributed by atoms with Crippen LogP contribution >= 0.6 is 0 Å². The lowest BCUT2D eigenvalue weighted by molar-refractivity contribution is 0.184. The summed E-state index contributed by atoms with van der Waals surface area (Å²) in [4.78, 5) is 5.27. The normalized spacial score (nSPS) is 23.4. The van der Waals surface area contributed by atoms with Crippen molar-refractivity contribution >= 4 is 5.69 Å². The molecule has 0 radical (unpaired) electrons. The van der Waals surface area contributed by atoms with Crippen LogP contribution < -0.4 is 4.90 Å². The van der Waals surface area contributed by atoms with Gasteiger partial charge in [-0.1, -0.05) is 65.2 Å². The van der Waals surface area contributed by atoms with E-state index < -0.39 is 0 Å². The molecule has 2 unspecified atom stereocenters. The maximum absolute atomic E-state index is 2.73. The second-order valence-electron chi connectivity index (χ2n) is 7.43. The van der Waals surface area contributed by atoms with E-state index in [-0.39, 0.29) is 0 Å². The predicted molar refractivity (Wildman–Crippen MR) is 114 cm³/mol. The number of unbranched alkanes of at least 4 members (excludes halogenated alkanes) is 1. The largest absolute Gasteiger partial charge is 0.369 e. The number of benzene rings is 1. The standard InChI is InChI=1S/C17H26N2.C4H10.C2H6/c1-14-3-6-16(7-4-14)18-9-11-19(12-10-18)17-8-5-15(2)13-17;1-3-4-2;1-2/h3-4,6-7,15,17H,5,8-13H2,1-2H3;3-4H2,1-2H3;1-2H3. The zero-order valence-corrected chi connectivity index (χ0v) is 17.7. The van der Waals surface area contributed by atoms with E-state index in [0.29, 0.717) is 0 Å². The third-order valence-electron chi connectivity index (χ3n) is 5.40. The highest BCUT2D eigenvalue weighted by atomic mass is 15.3.